The zero-order chi connectivity index (χ0) is 18.2. The number of aromatic nitrogens is 1. The molecule has 1 aromatic carbocycles. The Bertz CT molecular complexity index is 806. The molecule has 6 nitrogen and oxygen atoms in total. The minimum Gasteiger partial charge on any atom is -0.491 e. The van der Waals surface area contributed by atoms with Crippen LogP contribution in [0.15, 0.2) is 42.6 Å². The van der Waals surface area contributed by atoms with Gasteiger partial charge in [-0.15, -0.1) is 0 Å². The number of nitrogens with zero attached hydrogens (tertiary/aromatic N) is 4. The molecule has 1 atom stereocenters. The van der Waals surface area contributed by atoms with Gasteiger partial charge < -0.3 is 10.1 Å². The highest BCUT2D eigenvalue weighted by Gasteiger charge is 2.22. The van der Waals surface area contributed by atoms with E-state index in [4.69, 9.17) is 15.3 Å². The van der Waals surface area contributed by atoms with Gasteiger partial charge in [0, 0.05) is 25.8 Å². The van der Waals surface area contributed by atoms with E-state index in [9.17, 15) is 0 Å². The van der Waals surface area contributed by atoms with Crippen LogP contribution in [0.3, 0.4) is 0 Å². The summed E-state index contributed by atoms with van der Waals surface area (Å²) in [6, 6.07) is 15.1. The fourth-order valence-corrected chi connectivity index (χ4v) is 3.07. The molecule has 0 unspecified atom stereocenters. The SMILES string of the molecule is N#Cc1ccc(NC[C@H]2CCN(CCOc3ccccc3C#N)C2)nc1. The highest BCUT2D eigenvalue weighted by Crippen LogP contribution is 2.19. The quantitative estimate of drug-likeness (QED) is 0.829. The second-order valence-corrected chi connectivity index (χ2v) is 6.34. The van der Waals surface area contributed by atoms with Crippen LogP contribution in [0.1, 0.15) is 17.5 Å². The topological polar surface area (TPSA) is 85.0 Å². The predicted octanol–water partition coefficient (Wildman–Crippen LogP) is 2.64. The number of benzene rings is 1. The van der Waals surface area contributed by atoms with Crippen LogP contribution in [0.25, 0.3) is 0 Å². The normalized spacial score (nSPS) is 16.6. The molecule has 1 saturated heterocycles. The fourth-order valence-electron chi connectivity index (χ4n) is 3.07. The summed E-state index contributed by atoms with van der Waals surface area (Å²) >= 11 is 0. The molecular formula is C20H21N5O. The first-order valence-electron chi connectivity index (χ1n) is 8.73. The van der Waals surface area contributed by atoms with Gasteiger partial charge in [-0.25, -0.2) is 4.98 Å². The van der Waals surface area contributed by atoms with Crippen LogP contribution < -0.4 is 10.1 Å². The van der Waals surface area contributed by atoms with Crippen molar-refractivity contribution in [1.29, 1.82) is 10.5 Å². The number of nitrogens with one attached hydrogen (secondary N) is 1. The van der Waals surface area contributed by atoms with Crippen molar-refractivity contribution in [2.45, 2.75) is 6.42 Å². The van der Waals surface area contributed by atoms with Gasteiger partial charge in [0.05, 0.1) is 11.1 Å². The van der Waals surface area contributed by atoms with Gasteiger partial charge in [0.25, 0.3) is 0 Å². The molecule has 1 fully saturated rings. The molecule has 1 aliphatic heterocycles. The number of hydrogen-bond acceptors (Lipinski definition) is 6. The Morgan fingerprint density at radius 3 is 2.85 bits per heavy atom. The van der Waals surface area contributed by atoms with Crippen LogP contribution in [-0.4, -0.2) is 42.7 Å². The van der Waals surface area contributed by atoms with Crippen LogP contribution >= 0.6 is 0 Å². The van der Waals surface area contributed by atoms with E-state index < -0.39 is 0 Å². The molecule has 0 radical (unpaired) electrons. The molecule has 1 aromatic heterocycles. The van der Waals surface area contributed by atoms with E-state index in [-0.39, 0.29) is 0 Å². The molecule has 2 aromatic rings. The minimum atomic E-state index is 0.568. The van der Waals surface area contributed by atoms with Crippen molar-refractivity contribution >= 4 is 5.82 Å². The maximum absolute atomic E-state index is 9.08. The molecule has 1 aliphatic rings. The molecule has 3 rings (SSSR count). The van der Waals surface area contributed by atoms with E-state index in [1.807, 2.05) is 24.3 Å². The van der Waals surface area contributed by atoms with Gasteiger partial charge in [-0.1, -0.05) is 12.1 Å². The number of anilines is 1. The summed E-state index contributed by atoms with van der Waals surface area (Å²) < 4.78 is 5.76. The Kier molecular flexibility index (Phi) is 6.03. The lowest BCUT2D eigenvalue weighted by molar-refractivity contribution is 0.233. The summed E-state index contributed by atoms with van der Waals surface area (Å²) in [7, 11) is 0. The van der Waals surface area contributed by atoms with Gasteiger partial charge >= 0.3 is 0 Å². The monoisotopic (exact) mass is 347 g/mol. The molecule has 2 heterocycles. The van der Waals surface area contributed by atoms with E-state index in [2.05, 4.69) is 27.3 Å². The third-order valence-electron chi connectivity index (χ3n) is 4.51. The average Bonchev–Trinajstić information content (AvgIpc) is 3.15. The first kappa shape index (κ1) is 17.7. The number of pyridine rings is 1. The predicted molar refractivity (Wildman–Crippen MR) is 98.6 cm³/mol. The van der Waals surface area contributed by atoms with Crippen molar-refractivity contribution in [2.24, 2.45) is 5.92 Å². The average molecular weight is 347 g/mol. The van der Waals surface area contributed by atoms with Gasteiger partial charge in [-0.2, -0.15) is 10.5 Å². The second-order valence-electron chi connectivity index (χ2n) is 6.34. The smallest absolute Gasteiger partial charge is 0.137 e. The molecule has 26 heavy (non-hydrogen) atoms. The summed E-state index contributed by atoms with van der Waals surface area (Å²) in [4.78, 5) is 6.62. The summed E-state index contributed by atoms with van der Waals surface area (Å²) in [5, 5.41) is 21.2. The lowest BCUT2D eigenvalue weighted by atomic mass is 10.1. The van der Waals surface area contributed by atoms with E-state index in [1.165, 1.54) is 0 Å². The van der Waals surface area contributed by atoms with Crippen molar-refractivity contribution in [3.63, 3.8) is 0 Å². The first-order chi connectivity index (χ1) is 12.8. The van der Waals surface area contributed by atoms with Crippen LogP contribution in [0.2, 0.25) is 0 Å². The molecule has 6 heteroatoms. The molecule has 0 spiro atoms. The van der Waals surface area contributed by atoms with Crippen molar-refractivity contribution in [1.82, 2.24) is 9.88 Å². The first-order valence-corrected chi connectivity index (χ1v) is 8.73. The summed E-state index contributed by atoms with van der Waals surface area (Å²) in [6.07, 6.45) is 2.72. The fraction of sp³-hybridized carbons (Fsp3) is 0.350. The maximum Gasteiger partial charge on any atom is 0.137 e. The number of hydrogen-bond donors (Lipinski definition) is 1. The Labute approximate surface area is 153 Å². The Morgan fingerprint density at radius 1 is 1.19 bits per heavy atom. The molecule has 132 valence electrons. The van der Waals surface area contributed by atoms with Crippen molar-refractivity contribution in [3.05, 3.63) is 53.7 Å². The van der Waals surface area contributed by atoms with E-state index >= 15 is 0 Å². The number of nitriles is 2. The van der Waals surface area contributed by atoms with Gasteiger partial charge in [0.1, 0.15) is 30.3 Å². The summed E-state index contributed by atoms with van der Waals surface area (Å²) in [5.74, 6) is 2.03. The zero-order valence-corrected chi connectivity index (χ0v) is 14.6. The molecule has 1 N–H and O–H groups in total. The highest BCUT2D eigenvalue weighted by atomic mass is 16.5. The number of ether oxygens (including phenoxy) is 1. The second kappa shape index (κ2) is 8.84. The summed E-state index contributed by atoms with van der Waals surface area (Å²) in [6.45, 7) is 4.37. The third-order valence-corrected chi connectivity index (χ3v) is 4.51. The van der Waals surface area contributed by atoms with Crippen LogP contribution in [0.4, 0.5) is 5.82 Å². The van der Waals surface area contributed by atoms with Crippen LogP contribution in [0.5, 0.6) is 5.75 Å². The van der Waals surface area contributed by atoms with Crippen molar-refractivity contribution < 1.29 is 4.74 Å². The molecule has 0 amide bonds. The van der Waals surface area contributed by atoms with Gasteiger partial charge in [0.2, 0.25) is 0 Å². The lowest BCUT2D eigenvalue weighted by Crippen LogP contribution is -2.27. The van der Waals surface area contributed by atoms with Crippen LogP contribution in [-0.2, 0) is 0 Å². The molecule has 0 aliphatic carbocycles. The van der Waals surface area contributed by atoms with Gasteiger partial charge in [-0.3, -0.25) is 4.90 Å². The van der Waals surface area contributed by atoms with Gasteiger partial charge in [0.15, 0.2) is 0 Å². The van der Waals surface area contributed by atoms with Gasteiger partial charge in [-0.05, 0) is 43.1 Å². The number of para-hydroxylation sites is 1. The summed E-state index contributed by atoms with van der Waals surface area (Å²) in [5.41, 5.74) is 1.14. The Balaban J connectivity index is 1.38. The zero-order valence-electron chi connectivity index (χ0n) is 14.6. The van der Waals surface area contributed by atoms with Crippen molar-refractivity contribution in [2.75, 3.05) is 38.1 Å². The van der Waals surface area contributed by atoms with E-state index in [0.717, 1.165) is 38.4 Å². The Hall–Kier alpha value is -3.09. The number of rotatable bonds is 7. The minimum absolute atomic E-state index is 0.568. The lowest BCUT2D eigenvalue weighted by Gasteiger charge is -2.17. The molecule has 0 saturated carbocycles. The standard InChI is InChI=1S/C20H21N5O/c21-11-16-5-6-20(23-13-16)24-14-17-7-8-25(15-17)9-10-26-19-4-2-1-3-18(19)12-22/h1-6,13,17H,7-10,14-15H2,(H,23,24)/t17-/m1/s1. The van der Waals surface area contributed by atoms with Crippen molar-refractivity contribution in [3.8, 4) is 17.9 Å². The molecule has 0 bridgehead atoms. The Morgan fingerprint density at radius 2 is 2.08 bits per heavy atom. The van der Waals surface area contributed by atoms with Crippen LogP contribution in [0, 0.1) is 28.6 Å². The van der Waals surface area contributed by atoms with E-state index in [1.54, 1.807) is 18.3 Å². The largest absolute Gasteiger partial charge is 0.491 e. The molecular weight excluding hydrogens is 326 g/mol. The highest BCUT2D eigenvalue weighted by molar-refractivity contribution is 5.42. The van der Waals surface area contributed by atoms with E-state index in [0.29, 0.717) is 29.4 Å². The number of likely N-dealkylation sites (tertiary alicyclic amines) is 1. The maximum atomic E-state index is 9.08. The third kappa shape index (κ3) is 4.72.